The van der Waals surface area contributed by atoms with Crippen LogP contribution in [0, 0.1) is 11.7 Å². The number of carbonyl (C=O) groups excluding carboxylic acids is 1. The molecule has 1 N–H and O–H groups in total. The van der Waals surface area contributed by atoms with Gasteiger partial charge in [-0.15, -0.1) is 12.4 Å². The fraction of sp³-hybridized carbons (Fsp3) is 0.562. The molecule has 1 atom stereocenters. The molecule has 1 unspecified atom stereocenters. The Morgan fingerprint density at radius 2 is 2.27 bits per heavy atom. The van der Waals surface area contributed by atoms with Gasteiger partial charge in [-0.25, -0.2) is 4.39 Å². The molecule has 1 aromatic carbocycles. The third-order valence-corrected chi connectivity index (χ3v) is 3.98. The monoisotopic (exact) mass is 330 g/mol. The minimum Gasteiger partial charge on any atom is -0.494 e. The Kier molecular flexibility index (Phi) is 7.62. The summed E-state index contributed by atoms with van der Waals surface area (Å²) in [5, 5.41) is 3.15. The third-order valence-electron chi connectivity index (χ3n) is 3.98. The first-order valence-electron chi connectivity index (χ1n) is 7.38. The molecule has 1 fully saturated rings. The van der Waals surface area contributed by atoms with Crippen molar-refractivity contribution < 1.29 is 13.9 Å². The van der Waals surface area contributed by atoms with Crippen LogP contribution in [0.2, 0.25) is 0 Å². The maximum Gasteiger partial charge on any atom is 0.222 e. The summed E-state index contributed by atoms with van der Waals surface area (Å²) in [6, 6.07) is 4.86. The van der Waals surface area contributed by atoms with Crippen LogP contribution < -0.4 is 10.1 Å². The van der Waals surface area contributed by atoms with Crippen molar-refractivity contribution in [3.8, 4) is 5.75 Å². The number of hydrogen-bond acceptors (Lipinski definition) is 3. The zero-order valence-corrected chi connectivity index (χ0v) is 13.9. The Balaban J connectivity index is 0.00000242. The molecule has 124 valence electrons. The first kappa shape index (κ1) is 18.7. The number of hydrogen-bond donors (Lipinski definition) is 1. The molecule has 1 saturated heterocycles. The molecule has 2 rings (SSSR count). The van der Waals surface area contributed by atoms with E-state index in [0.29, 0.717) is 18.8 Å². The van der Waals surface area contributed by atoms with Crippen LogP contribution in [0.3, 0.4) is 0 Å². The third kappa shape index (κ3) is 4.85. The number of amides is 1. The van der Waals surface area contributed by atoms with E-state index in [4.69, 9.17) is 4.74 Å². The molecule has 22 heavy (non-hydrogen) atoms. The lowest BCUT2D eigenvalue weighted by atomic mass is 10.1. The largest absolute Gasteiger partial charge is 0.494 e. The number of benzene rings is 1. The molecule has 1 aliphatic heterocycles. The normalized spacial score (nSPS) is 17.2. The average molecular weight is 331 g/mol. The fourth-order valence-corrected chi connectivity index (χ4v) is 2.79. The van der Waals surface area contributed by atoms with Crippen LogP contribution in [0.5, 0.6) is 5.75 Å². The topological polar surface area (TPSA) is 41.6 Å². The van der Waals surface area contributed by atoms with Crippen LogP contribution in [-0.2, 0) is 11.2 Å². The van der Waals surface area contributed by atoms with E-state index in [2.05, 4.69) is 5.32 Å². The fourth-order valence-electron chi connectivity index (χ4n) is 2.79. The first-order valence-corrected chi connectivity index (χ1v) is 7.38. The minimum atomic E-state index is -0.377. The van der Waals surface area contributed by atoms with Gasteiger partial charge in [-0.3, -0.25) is 4.79 Å². The van der Waals surface area contributed by atoms with E-state index >= 15 is 0 Å². The summed E-state index contributed by atoms with van der Waals surface area (Å²) in [4.78, 5) is 14.1. The van der Waals surface area contributed by atoms with Crippen LogP contribution in [0.4, 0.5) is 4.39 Å². The second kappa shape index (κ2) is 8.96. The highest BCUT2D eigenvalue weighted by Gasteiger charge is 2.25. The number of methoxy groups -OCH3 is 1. The second-order valence-corrected chi connectivity index (χ2v) is 5.52. The van der Waals surface area contributed by atoms with Crippen molar-refractivity contribution >= 4 is 18.3 Å². The number of ether oxygens (including phenoxy) is 1. The SMILES string of the molecule is CNCC1CCN(C(=O)CCc2ccc(OC)c(F)c2)C1.Cl. The van der Waals surface area contributed by atoms with Gasteiger partial charge in [0, 0.05) is 19.5 Å². The summed E-state index contributed by atoms with van der Waals surface area (Å²) in [5.74, 6) is 0.569. The average Bonchev–Trinajstić information content (AvgIpc) is 2.94. The Labute approximate surface area is 137 Å². The zero-order chi connectivity index (χ0) is 15.2. The van der Waals surface area contributed by atoms with Gasteiger partial charge >= 0.3 is 0 Å². The summed E-state index contributed by atoms with van der Waals surface area (Å²) >= 11 is 0. The van der Waals surface area contributed by atoms with Crippen molar-refractivity contribution in [2.24, 2.45) is 5.92 Å². The first-order chi connectivity index (χ1) is 10.1. The molecule has 1 amide bonds. The molecule has 1 aliphatic rings. The van der Waals surface area contributed by atoms with Gasteiger partial charge in [-0.1, -0.05) is 6.07 Å². The number of nitrogens with zero attached hydrogens (tertiary/aromatic N) is 1. The summed E-state index contributed by atoms with van der Waals surface area (Å²) in [6.45, 7) is 2.62. The minimum absolute atomic E-state index is 0. The molecule has 0 bridgehead atoms. The molecule has 0 radical (unpaired) electrons. The van der Waals surface area contributed by atoms with Gasteiger partial charge in [-0.2, -0.15) is 0 Å². The van der Waals surface area contributed by atoms with Gasteiger partial charge in [0.1, 0.15) is 0 Å². The van der Waals surface area contributed by atoms with Crippen molar-refractivity contribution in [3.05, 3.63) is 29.6 Å². The Morgan fingerprint density at radius 3 is 2.91 bits per heavy atom. The number of nitrogens with one attached hydrogen (secondary N) is 1. The van der Waals surface area contributed by atoms with Gasteiger partial charge in [0.15, 0.2) is 11.6 Å². The van der Waals surface area contributed by atoms with Gasteiger partial charge in [-0.05, 0) is 50.0 Å². The highest BCUT2D eigenvalue weighted by atomic mass is 35.5. The lowest BCUT2D eigenvalue weighted by Crippen LogP contribution is -2.30. The Bertz CT molecular complexity index is 499. The van der Waals surface area contributed by atoms with E-state index in [1.807, 2.05) is 18.0 Å². The number of carbonyl (C=O) groups is 1. The number of likely N-dealkylation sites (tertiary alicyclic amines) is 1. The predicted octanol–water partition coefficient (Wildman–Crippen LogP) is 2.26. The Morgan fingerprint density at radius 1 is 1.50 bits per heavy atom. The highest BCUT2D eigenvalue weighted by Crippen LogP contribution is 2.20. The van der Waals surface area contributed by atoms with Crippen molar-refractivity contribution in [1.29, 1.82) is 0 Å². The summed E-state index contributed by atoms with van der Waals surface area (Å²) in [5.41, 5.74) is 0.827. The molecule has 0 saturated carbocycles. The molecule has 0 aliphatic carbocycles. The lowest BCUT2D eigenvalue weighted by molar-refractivity contribution is -0.130. The quantitative estimate of drug-likeness (QED) is 0.870. The van der Waals surface area contributed by atoms with Crippen LogP contribution in [-0.4, -0.2) is 44.6 Å². The summed E-state index contributed by atoms with van der Waals surface area (Å²) < 4.78 is 18.5. The number of rotatable bonds is 6. The van der Waals surface area contributed by atoms with E-state index in [1.54, 1.807) is 6.07 Å². The zero-order valence-electron chi connectivity index (χ0n) is 13.1. The maximum absolute atomic E-state index is 13.6. The number of halogens is 2. The van der Waals surface area contributed by atoms with Gasteiger partial charge < -0.3 is 15.0 Å². The van der Waals surface area contributed by atoms with Gasteiger partial charge in [0.05, 0.1) is 7.11 Å². The molecule has 6 heteroatoms. The van der Waals surface area contributed by atoms with Crippen molar-refractivity contribution in [1.82, 2.24) is 10.2 Å². The molecule has 0 spiro atoms. The molecule has 4 nitrogen and oxygen atoms in total. The lowest BCUT2D eigenvalue weighted by Gasteiger charge is -2.16. The van der Waals surface area contributed by atoms with Crippen LogP contribution in [0.1, 0.15) is 18.4 Å². The molecular weight excluding hydrogens is 307 g/mol. The highest BCUT2D eigenvalue weighted by molar-refractivity contribution is 5.85. The van der Waals surface area contributed by atoms with Crippen molar-refractivity contribution in [3.63, 3.8) is 0 Å². The van der Waals surface area contributed by atoms with E-state index in [1.165, 1.54) is 13.2 Å². The predicted molar refractivity (Wildman–Crippen MR) is 87.1 cm³/mol. The van der Waals surface area contributed by atoms with Crippen molar-refractivity contribution in [2.75, 3.05) is 33.8 Å². The van der Waals surface area contributed by atoms with Gasteiger partial charge in [0.25, 0.3) is 0 Å². The molecule has 0 aromatic heterocycles. The number of aryl methyl sites for hydroxylation is 1. The smallest absolute Gasteiger partial charge is 0.222 e. The molecule has 1 heterocycles. The standard InChI is InChI=1S/C16H23FN2O2.ClH/c1-18-10-13-7-8-19(11-13)16(20)6-4-12-3-5-15(21-2)14(17)9-12;/h3,5,9,13,18H,4,6-8,10-11H2,1-2H3;1H. The van der Waals surface area contributed by atoms with Gasteiger partial charge in [0.2, 0.25) is 5.91 Å². The van der Waals surface area contributed by atoms with Crippen LogP contribution >= 0.6 is 12.4 Å². The maximum atomic E-state index is 13.6. The van der Waals surface area contributed by atoms with Crippen LogP contribution in [0.15, 0.2) is 18.2 Å². The Hall–Kier alpha value is -1.33. The summed E-state index contributed by atoms with van der Waals surface area (Å²) in [7, 11) is 3.37. The van der Waals surface area contributed by atoms with E-state index in [-0.39, 0.29) is 29.9 Å². The summed E-state index contributed by atoms with van der Waals surface area (Å²) in [6.07, 6.45) is 2.05. The van der Waals surface area contributed by atoms with E-state index in [9.17, 15) is 9.18 Å². The molecular formula is C16H24ClFN2O2. The van der Waals surface area contributed by atoms with Crippen molar-refractivity contribution in [2.45, 2.75) is 19.3 Å². The second-order valence-electron chi connectivity index (χ2n) is 5.52. The van der Waals surface area contributed by atoms with E-state index in [0.717, 1.165) is 31.6 Å². The van der Waals surface area contributed by atoms with Crippen LogP contribution in [0.25, 0.3) is 0 Å². The van der Waals surface area contributed by atoms with E-state index < -0.39 is 0 Å². The molecule has 1 aromatic rings.